The smallest absolute Gasteiger partial charge is 0.0666 e. The lowest BCUT2D eigenvalue weighted by Crippen LogP contribution is -2.24. The first-order valence-corrected chi connectivity index (χ1v) is 4.29. The maximum atomic E-state index is 5.69. The highest BCUT2D eigenvalue weighted by Gasteiger charge is 2.70. The van der Waals surface area contributed by atoms with Crippen LogP contribution in [0.5, 0.6) is 0 Å². The Morgan fingerprint density at radius 1 is 1.45 bits per heavy atom. The SMILES string of the molecule is C=CC1C2C(C)(C)OCC12C. The minimum absolute atomic E-state index is 0.0909. The van der Waals surface area contributed by atoms with E-state index in [0.29, 0.717) is 17.3 Å². The highest BCUT2D eigenvalue weighted by atomic mass is 16.5. The molecule has 2 rings (SSSR count). The average molecular weight is 152 g/mol. The molecule has 2 fully saturated rings. The molecule has 2 aliphatic rings. The van der Waals surface area contributed by atoms with E-state index in [4.69, 9.17) is 4.74 Å². The minimum atomic E-state index is 0.0909. The summed E-state index contributed by atoms with van der Waals surface area (Å²) in [5.74, 6) is 1.42. The summed E-state index contributed by atoms with van der Waals surface area (Å²) < 4.78 is 5.69. The fourth-order valence-electron chi connectivity index (χ4n) is 2.85. The van der Waals surface area contributed by atoms with E-state index < -0.39 is 0 Å². The molecule has 1 saturated carbocycles. The molecule has 1 aliphatic carbocycles. The van der Waals surface area contributed by atoms with Crippen molar-refractivity contribution >= 4 is 0 Å². The van der Waals surface area contributed by atoms with E-state index in [1.54, 1.807) is 0 Å². The van der Waals surface area contributed by atoms with Crippen molar-refractivity contribution in [2.45, 2.75) is 26.4 Å². The molecule has 1 heteroatoms. The second-order valence-electron chi connectivity index (χ2n) is 4.64. The summed E-state index contributed by atoms with van der Waals surface area (Å²) in [6, 6.07) is 0. The van der Waals surface area contributed by atoms with Crippen molar-refractivity contribution < 1.29 is 4.74 Å². The minimum Gasteiger partial charge on any atom is -0.375 e. The van der Waals surface area contributed by atoms with Gasteiger partial charge in [0, 0.05) is 11.3 Å². The van der Waals surface area contributed by atoms with Crippen molar-refractivity contribution in [1.29, 1.82) is 0 Å². The molecule has 0 aromatic rings. The topological polar surface area (TPSA) is 9.23 Å². The summed E-state index contributed by atoms with van der Waals surface area (Å²) in [7, 11) is 0. The zero-order chi connectivity index (χ0) is 8.28. The lowest BCUT2D eigenvalue weighted by Gasteiger charge is -2.21. The Hall–Kier alpha value is -0.300. The standard InChI is InChI=1S/C10H16O/c1-5-7-8-9(2,3)11-6-10(7,8)4/h5,7-8H,1,6H2,2-4H3. The van der Waals surface area contributed by atoms with E-state index in [0.717, 1.165) is 6.61 Å². The zero-order valence-corrected chi connectivity index (χ0v) is 7.55. The van der Waals surface area contributed by atoms with Crippen LogP contribution < -0.4 is 0 Å². The fraction of sp³-hybridized carbons (Fsp3) is 0.800. The van der Waals surface area contributed by atoms with E-state index >= 15 is 0 Å². The summed E-state index contributed by atoms with van der Waals surface area (Å²) in [5, 5.41) is 0. The first kappa shape index (κ1) is 7.35. The number of allylic oxidation sites excluding steroid dienone is 1. The Balaban J connectivity index is 2.25. The summed E-state index contributed by atoms with van der Waals surface area (Å²) in [4.78, 5) is 0. The molecule has 0 N–H and O–H groups in total. The molecule has 1 nitrogen and oxygen atoms in total. The van der Waals surface area contributed by atoms with Gasteiger partial charge >= 0.3 is 0 Å². The number of ether oxygens (including phenoxy) is 1. The van der Waals surface area contributed by atoms with E-state index in [9.17, 15) is 0 Å². The van der Waals surface area contributed by atoms with Crippen LogP contribution in [0.1, 0.15) is 20.8 Å². The Morgan fingerprint density at radius 3 is 2.36 bits per heavy atom. The third kappa shape index (κ3) is 0.698. The summed E-state index contributed by atoms with van der Waals surface area (Å²) in [6.45, 7) is 11.5. The van der Waals surface area contributed by atoms with Crippen LogP contribution in [0.15, 0.2) is 12.7 Å². The van der Waals surface area contributed by atoms with Crippen LogP contribution in [0.2, 0.25) is 0 Å². The van der Waals surface area contributed by atoms with Gasteiger partial charge in [-0.25, -0.2) is 0 Å². The molecular weight excluding hydrogens is 136 g/mol. The number of hydrogen-bond donors (Lipinski definition) is 0. The van der Waals surface area contributed by atoms with E-state index in [1.165, 1.54) is 0 Å². The van der Waals surface area contributed by atoms with Gasteiger partial charge in [0.25, 0.3) is 0 Å². The molecule has 0 amide bonds. The molecule has 62 valence electrons. The van der Waals surface area contributed by atoms with Crippen molar-refractivity contribution in [3.63, 3.8) is 0 Å². The molecule has 0 aromatic heterocycles. The highest BCUT2D eigenvalue weighted by Crippen LogP contribution is 2.68. The Morgan fingerprint density at radius 2 is 2.09 bits per heavy atom. The van der Waals surface area contributed by atoms with E-state index in [1.807, 2.05) is 0 Å². The van der Waals surface area contributed by atoms with Gasteiger partial charge in [-0.2, -0.15) is 0 Å². The van der Waals surface area contributed by atoms with Gasteiger partial charge in [-0.05, 0) is 19.8 Å². The molecular formula is C10H16O. The second-order valence-corrected chi connectivity index (χ2v) is 4.64. The highest BCUT2D eigenvalue weighted by molar-refractivity contribution is 5.22. The lowest BCUT2D eigenvalue weighted by molar-refractivity contribution is -0.00444. The predicted octanol–water partition coefficient (Wildman–Crippen LogP) is 2.23. The van der Waals surface area contributed by atoms with Gasteiger partial charge < -0.3 is 4.74 Å². The number of hydrogen-bond acceptors (Lipinski definition) is 1. The largest absolute Gasteiger partial charge is 0.375 e. The number of rotatable bonds is 1. The molecule has 3 unspecified atom stereocenters. The molecule has 0 aromatic carbocycles. The van der Waals surface area contributed by atoms with Crippen molar-refractivity contribution in [3.05, 3.63) is 12.7 Å². The summed E-state index contributed by atoms with van der Waals surface area (Å²) in [5.41, 5.74) is 0.513. The molecule has 0 bridgehead atoms. The molecule has 1 aliphatic heterocycles. The third-order valence-electron chi connectivity index (χ3n) is 3.48. The Labute approximate surface area is 68.4 Å². The maximum Gasteiger partial charge on any atom is 0.0666 e. The van der Waals surface area contributed by atoms with Gasteiger partial charge in [0.1, 0.15) is 0 Å². The van der Waals surface area contributed by atoms with Crippen molar-refractivity contribution in [1.82, 2.24) is 0 Å². The van der Waals surface area contributed by atoms with E-state index in [-0.39, 0.29) is 5.60 Å². The zero-order valence-electron chi connectivity index (χ0n) is 7.55. The van der Waals surface area contributed by atoms with Gasteiger partial charge in [0.15, 0.2) is 0 Å². The summed E-state index contributed by atoms with van der Waals surface area (Å²) >= 11 is 0. The van der Waals surface area contributed by atoms with Crippen LogP contribution in [-0.2, 0) is 4.74 Å². The monoisotopic (exact) mass is 152 g/mol. The van der Waals surface area contributed by atoms with Crippen LogP contribution in [0.25, 0.3) is 0 Å². The first-order chi connectivity index (χ1) is 5.02. The Kier molecular flexibility index (Phi) is 1.15. The first-order valence-electron chi connectivity index (χ1n) is 4.29. The molecule has 3 atom stereocenters. The van der Waals surface area contributed by atoms with Crippen molar-refractivity contribution in [2.75, 3.05) is 6.61 Å². The second kappa shape index (κ2) is 1.71. The number of fused-ring (bicyclic) bond motifs is 1. The van der Waals surface area contributed by atoms with Gasteiger partial charge in [-0.3, -0.25) is 0 Å². The van der Waals surface area contributed by atoms with Gasteiger partial charge in [-0.1, -0.05) is 13.0 Å². The maximum absolute atomic E-state index is 5.69. The third-order valence-corrected chi connectivity index (χ3v) is 3.48. The van der Waals surface area contributed by atoms with Crippen molar-refractivity contribution in [2.24, 2.45) is 17.3 Å². The molecule has 1 heterocycles. The van der Waals surface area contributed by atoms with Crippen LogP contribution in [0, 0.1) is 17.3 Å². The normalized spacial score (nSPS) is 51.9. The van der Waals surface area contributed by atoms with Crippen molar-refractivity contribution in [3.8, 4) is 0 Å². The summed E-state index contributed by atoms with van der Waals surface area (Å²) in [6.07, 6.45) is 2.09. The predicted molar refractivity (Wildman–Crippen MR) is 45.3 cm³/mol. The quantitative estimate of drug-likeness (QED) is 0.523. The van der Waals surface area contributed by atoms with Gasteiger partial charge in [0.05, 0.1) is 12.2 Å². The molecule has 0 spiro atoms. The molecule has 11 heavy (non-hydrogen) atoms. The van der Waals surface area contributed by atoms with Crippen LogP contribution in [0.3, 0.4) is 0 Å². The van der Waals surface area contributed by atoms with Crippen LogP contribution in [0.4, 0.5) is 0 Å². The molecule has 1 saturated heterocycles. The van der Waals surface area contributed by atoms with Gasteiger partial charge in [0.2, 0.25) is 0 Å². The van der Waals surface area contributed by atoms with Gasteiger partial charge in [-0.15, -0.1) is 6.58 Å². The fourth-order valence-corrected chi connectivity index (χ4v) is 2.85. The van der Waals surface area contributed by atoms with Crippen LogP contribution >= 0.6 is 0 Å². The average Bonchev–Trinajstić information content (AvgIpc) is 2.46. The van der Waals surface area contributed by atoms with Crippen LogP contribution in [-0.4, -0.2) is 12.2 Å². The van der Waals surface area contributed by atoms with E-state index in [2.05, 4.69) is 33.4 Å². The molecule has 0 radical (unpaired) electrons. The lowest BCUT2D eigenvalue weighted by atomic mass is 9.99. The Bertz CT molecular complexity index is 207.